The highest BCUT2D eigenvalue weighted by atomic mass is 32.2. The molecule has 4 aromatic carbocycles. The lowest BCUT2D eigenvalue weighted by atomic mass is 9.53. The molecule has 8 nitrogen and oxygen atoms in total. The third kappa shape index (κ3) is 8.04. The van der Waals surface area contributed by atoms with Crippen molar-refractivity contribution in [3.8, 4) is 11.1 Å². The molecule has 4 N–H and O–H groups in total. The summed E-state index contributed by atoms with van der Waals surface area (Å²) in [6, 6.07) is 31.4. The lowest BCUT2D eigenvalue weighted by Crippen LogP contribution is -2.61. The number of benzene rings is 4. The molecule has 4 aliphatic carbocycles. The Balaban J connectivity index is 0.935. The predicted octanol–water partition coefficient (Wildman–Crippen LogP) is 8.90. The number of aromatic carboxylic acids is 1. The van der Waals surface area contributed by atoms with Crippen LogP contribution in [0.1, 0.15) is 90.5 Å². The van der Waals surface area contributed by atoms with Gasteiger partial charge in [0.1, 0.15) is 0 Å². The summed E-state index contributed by atoms with van der Waals surface area (Å²) in [6.45, 7) is 2.59. The third-order valence-electron chi connectivity index (χ3n) is 12.0. The molecule has 53 heavy (non-hydrogen) atoms. The van der Waals surface area contributed by atoms with Crippen LogP contribution in [0.25, 0.3) is 11.1 Å². The maximum atomic E-state index is 13.1. The number of ether oxygens (including phenoxy) is 2. The van der Waals surface area contributed by atoms with Crippen LogP contribution >= 0.6 is 11.8 Å². The van der Waals surface area contributed by atoms with E-state index in [1.807, 2.05) is 42.5 Å². The van der Waals surface area contributed by atoms with E-state index in [0.29, 0.717) is 12.3 Å². The number of amides is 2. The van der Waals surface area contributed by atoms with E-state index in [1.54, 1.807) is 23.9 Å². The Morgan fingerprint density at radius 1 is 0.792 bits per heavy atom. The minimum Gasteiger partial charge on any atom is -0.478 e. The Labute approximate surface area is 315 Å². The molecule has 276 valence electrons. The van der Waals surface area contributed by atoms with E-state index < -0.39 is 12.3 Å². The minimum atomic E-state index is -0.942. The van der Waals surface area contributed by atoms with Crippen LogP contribution in [-0.2, 0) is 22.6 Å². The van der Waals surface area contributed by atoms with Crippen LogP contribution in [-0.4, -0.2) is 39.6 Å². The summed E-state index contributed by atoms with van der Waals surface area (Å²) in [5, 5.41) is 25.5. The second-order valence-electron chi connectivity index (χ2n) is 15.8. The average molecular weight is 733 g/mol. The third-order valence-corrected chi connectivity index (χ3v) is 13.1. The van der Waals surface area contributed by atoms with Gasteiger partial charge in [0.05, 0.1) is 24.4 Å². The van der Waals surface area contributed by atoms with Crippen LogP contribution in [0.5, 0.6) is 0 Å². The van der Waals surface area contributed by atoms with E-state index in [1.165, 1.54) is 19.3 Å². The fourth-order valence-corrected chi connectivity index (χ4v) is 10.7. The molecular formula is C44H48N2O6S. The summed E-state index contributed by atoms with van der Waals surface area (Å²) >= 11 is 1.64. The van der Waals surface area contributed by atoms with Gasteiger partial charge in [0.25, 0.3) is 0 Å². The Morgan fingerprint density at radius 3 is 2.09 bits per heavy atom. The second-order valence-corrected chi connectivity index (χ2v) is 16.9. The number of urea groups is 1. The molecule has 9 heteroatoms. The lowest BCUT2D eigenvalue weighted by Gasteiger charge is -2.56. The van der Waals surface area contributed by atoms with Gasteiger partial charge in [-0.25, -0.2) is 9.59 Å². The highest BCUT2D eigenvalue weighted by molar-refractivity contribution is 7.99. The van der Waals surface area contributed by atoms with E-state index in [4.69, 9.17) is 9.47 Å². The summed E-state index contributed by atoms with van der Waals surface area (Å²) in [7, 11) is 0. The molecule has 0 spiro atoms. The van der Waals surface area contributed by atoms with Gasteiger partial charge in [-0.2, -0.15) is 0 Å². The van der Waals surface area contributed by atoms with Gasteiger partial charge in [0.15, 0.2) is 6.29 Å². The largest absolute Gasteiger partial charge is 0.478 e. The second kappa shape index (κ2) is 15.3. The van der Waals surface area contributed by atoms with Crippen molar-refractivity contribution in [1.29, 1.82) is 0 Å². The van der Waals surface area contributed by atoms with Crippen molar-refractivity contribution < 1.29 is 29.3 Å². The number of rotatable bonds is 11. The van der Waals surface area contributed by atoms with Gasteiger partial charge in [0, 0.05) is 34.2 Å². The van der Waals surface area contributed by atoms with Crippen LogP contribution in [0, 0.1) is 23.7 Å². The zero-order valence-corrected chi connectivity index (χ0v) is 30.9. The van der Waals surface area contributed by atoms with Gasteiger partial charge in [-0.3, -0.25) is 0 Å². The van der Waals surface area contributed by atoms with E-state index in [0.717, 1.165) is 75.3 Å². The Morgan fingerprint density at radius 2 is 1.45 bits per heavy atom. The number of carboxylic acid groups (broad SMARTS) is 1. The average Bonchev–Trinajstić information content (AvgIpc) is 3.16. The lowest BCUT2D eigenvalue weighted by molar-refractivity contribution is -0.268. The van der Waals surface area contributed by atoms with Crippen LogP contribution in [0.2, 0.25) is 0 Å². The van der Waals surface area contributed by atoms with Crippen LogP contribution < -0.4 is 10.6 Å². The molecule has 0 aromatic heterocycles. The van der Waals surface area contributed by atoms with Gasteiger partial charge < -0.3 is 30.3 Å². The fraction of sp³-hybridized carbons (Fsp3) is 0.409. The van der Waals surface area contributed by atoms with Crippen LogP contribution in [0.15, 0.2) is 102 Å². The summed E-state index contributed by atoms with van der Waals surface area (Å²) in [5.41, 5.74) is 6.22. The molecule has 5 aliphatic rings. The van der Waals surface area contributed by atoms with Gasteiger partial charge in [-0.1, -0.05) is 73.7 Å². The SMILES string of the molecule is CC1C(CSc2ccc(C(=O)O)cc2)OC(c2ccc(-c3cccc(CNC(=O)NC45CC6CC(CC(C6)C4)C5)c3)cc2)OC1c1ccc(CO)cc1. The molecule has 4 aromatic rings. The molecule has 4 unspecified atom stereocenters. The first-order valence-corrected chi connectivity index (χ1v) is 19.9. The molecule has 9 rings (SSSR count). The Bertz CT molecular complexity index is 1880. The quantitative estimate of drug-likeness (QED) is 0.114. The molecule has 4 atom stereocenters. The fourth-order valence-electron chi connectivity index (χ4n) is 9.61. The maximum Gasteiger partial charge on any atom is 0.335 e. The number of carbonyl (C=O) groups is 2. The first-order valence-electron chi connectivity index (χ1n) is 18.9. The standard InChI is InChI=1S/C44H48N2O6S/c1-27-39(26-53-38-15-13-35(14-16-38)41(48)49)51-42(52-40(27)34-7-5-28(25-47)6-8-34)36-11-9-33(10-12-36)37-4-2-3-29(20-37)24-45-43(50)46-44-21-30-17-31(22-44)19-32(18-30)23-44/h2-16,20,27,30-32,39-40,42,47H,17-19,21-26H2,1H3,(H,48,49)(H2,45,46,50). The van der Waals surface area contributed by atoms with Gasteiger partial charge >= 0.3 is 12.0 Å². The number of nitrogens with one attached hydrogen (secondary N) is 2. The zero-order chi connectivity index (χ0) is 36.5. The number of carbonyl (C=O) groups excluding carboxylic acids is 1. The Kier molecular flexibility index (Phi) is 10.4. The van der Waals surface area contributed by atoms with Crippen molar-refractivity contribution >= 4 is 23.8 Å². The minimum absolute atomic E-state index is 0.00851. The van der Waals surface area contributed by atoms with Gasteiger partial charge in [-0.05, 0) is 114 Å². The van der Waals surface area contributed by atoms with Crippen molar-refractivity contribution in [2.24, 2.45) is 23.7 Å². The highest BCUT2D eigenvalue weighted by Crippen LogP contribution is 2.55. The highest BCUT2D eigenvalue weighted by Gasteiger charge is 2.51. The summed E-state index contributed by atoms with van der Waals surface area (Å²) in [5.74, 6) is 2.11. The molecule has 5 fully saturated rings. The van der Waals surface area contributed by atoms with Crippen molar-refractivity contribution in [2.45, 2.75) is 87.5 Å². The summed E-state index contributed by atoms with van der Waals surface area (Å²) in [6.07, 6.45) is 6.49. The topological polar surface area (TPSA) is 117 Å². The van der Waals surface area contributed by atoms with Crippen molar-refractivity contribution in [3.05, 3.63) is 125 Å². The molecule has 0 radical (unpaired) electrons. The van der Waals surface area contributed by atoms with Gasteiger partial charge in [-0.15, -0.1) is 11.8 Å². The van der Waals surface area contributed by atoms with Crippen molar-refractivity contribution in [3.63, 3.8) is 0 Å². The van der Waals surface area contributed by atoms with E-state index in [-0.39, 0.29) is 41.9 Å². The number of aliphatic hydroxyl groups is 1. The van der Waals surface area contributed by atoms with Crippen molar-refractivity contribution in [1.82, 2.24) is 10.6 Å². The predicted molar refractivity (Wildman–Crippen MR) is 205 cm³/mol. The van der Waals surface area contributed by atoms with Crippen molar-refractivity contribution in [2.75, 3.05) is 5.75 Å². The van der Waals surface area contributed by atoms with Gasteiger partial charge in [0.2, 0.25) is 0 Å². The molecular weight excluding hydrogens is 685 g/mol. The zero-order valence-electron chi connectivity index (χ0n) is 30.1. The van der Waals surface area contributed by atoms with E-state index in [9.17, 15) is 19.8 Å². The number of hydrogen-bond donors (Lipinski definition) is 4. The maximum absolute atomic E-state index is 13.1. The molecule has 4 saturated carbocycles. The van der Waals surface area contributed by atoms with Crippen LogP contribution in [0.4, 0.5) is 4.79 Å². The summed E-state index contributed by atoms with van der Waals surface area (Å²) < 4.78 is 13.3. The molecule has 2 amide bonds. The molecule has 1 heterocycles. The van der Waals surface area contributed by atoms with Crippen LogP contribution in [0.3, 0.4) is 0 Å². The molecule has 1 aliphatic heterocycles. The first-order chi connectivity index (χ1) is 25.7. The first kappa shape index (κ1) is 35.9. The monoisotopic (exact) mass is 732 g/mol. The molecule has 1 saturated heterocycles. The normalized spacial score (nSPS) is 28.8. The number of thioether (sulfide) groups is 1. The Hall–Kier alpha value is -4.15. The number of carboxylic acids is 1. The smallest absolute Gasteiger partial charge is 0.335 e. The number of aliphatic hydroxyl groups excluding tert-OH is 1. The number of hydrogen-bond acceptors (Lipinski definition) is 6. The van der Waals surface area contributed by atoms with E-state index in [2.05, 4.69) is 60.0 Å². The van der Waals surface area contributed by atoms with E-state index >= 15 is 0 Å². The molecule has 4 bridgehead atoms. The summed E-state index contributed by atoms with van der Waals surface area (Å²) in [4.78, 5) is 25.4.